The Kier molecular flexibility index (Phi) is 4.18. The first kappa shape index (κ1) is 11.9. The molecule has 2 aromatic rings. The molecular formula is C12H10ClNS2. The van der Waals surface area contributed by atoms with Gasteiger partial charge in [-0.2, -0.15) is 0 Å². The number of hydrogen-bond acceptors (Lipinski definition) is 3. The Morgan fingerprint density at radius 1 is 0.875 bits per heavy atom. The molecule has 0 fully saturated rings. The van der Waals surface area contributed by atoms with Crippen molar-refractivity contribution in [3.63, 3.8) is 0 Å². The fourth-order valence-electron chi connectivity index (χ4n) is 1.41. The molecule has 0 aliphatic rings. The molecule has 0 radical (unpaired) electrons. The Hall–Kier alpha value is -0.610. The first-order valence-corrected chi connectivity index (χ1v) is 6.36. The summed E-state index contributed by atoms with van der Waals surface area (Å²) in [5, 5.41) is 0.759. The maximum atomic E-state index is 5.85. The van der Waals surface area contributed by atoms with Crippen LogP contribution in [0.3, 0.4) is 0 Å². The van der Waals surface area contributed by atoms with Crippen LogP contribution in [0, 0.1) is 0 Å². The summed E-state index contributed by atoms with van der Waals surface area (Å²) in [7, 11) is 0. The Morgan fingerprint density at radius 2 is 1.38 bits per heavy atom. The van der Waals surface area contributed by atoms with E-state index in [1.807, 2.05) is 24.3 Å². The van der Waals surface area contributed by atoms with E-state index in [0.29, 0.717) is 0 Å². The highest BCUT2D eigenvalue weighted by Gasteiger charge is 1.98. The zero-order valence-corrected chi connectivity index (χ0v) is 10.8. The predicted octanol–water partition coefficient (Wildman–Crippen LogP) is 4.45. The third kappa shape index (κ3) is 2.95. The zero-order chi connectivity index (χ0) is 11.4. The quantitative estimate of drug-likeness (QED) is 0.630. The van der Waals surface area contributed by atoms with Crippen molar-refractivity contribution < 1.29 is 0 Å². The fourth-order valence-corrected chi connectivity index (χ4v) is 2.23. The van der Waals surface area contributed by atoms with E-state index in [9.17, 15) is 0 Å². The third-order valence-corrected chi connectivity index (χ3v) is 3.32. The minimum absolute atomic E-state index is 0.759. The summed E-state index contributed by atoms with van der Waals surface area (Å²) in [6.45, 7) is 0. The first-order chi connectivity index (χ1) is 7.79. The maximum Gasteiger partial charge on any atom is 0.0406 e. The normalized spacial score (nSPS) is 10.4. The number of rotatable bonds is 3. The fraction of sp³-hybridized carbons (Fsp3) is 0. The highest BCUT2D eigenvalue weighted by atomic mass is 35.5. The summed E-state index contributed by atoms with van der Waals surface area (Å²) in [5.41, 5.74) is 2.35. The van der Waals surface area contributed by atoms with Crippen LogP contribution in [-0.4, -0.2) is 0 Å². The smallest absolute Gasteiger partial charge is 0.0406 e. The van der Waals surface area contributed by atoms with Crippen LogP contribution in [0.1, 0.15) is 0 Å². The van der Waals surface area contributed by atoms with E-state index < -0.39 is 0 Å². The van der Waals surface area contributed by atoms with Crippen LogP contribution in [0.2, 0.25) is 5.02 Å². The van der Waals surface area contributed by atoms with Gasteiger partial charge in [-0.1, -0.05) is 48.7 Å². The SMILES string of the molecule is SNSc1ccc(-c2ccc(Cl)cc2)cc1. The van der Waals surface area contributed by atoms with Gasteiger partial charge >= 0.3 is 0 Å². The van der Waals surface area contributed by atoms with E-state index >= 15 is 0 Å². The van der Waals surface area contributed by atoms with E-state index in [1.165, 1.54) is 23.1 Å². The van der Waals surface area contributed by atoms with Crippen LogP contribution in [-0.2, 0) is 0 Å². The van der Waals surface area contributed by atoms with Gasteiger partial charge in [-0.05, 0) is 47.3 Å². The van der Waals surface area contributed by atoms with Crippen molar-refractivity contribution in [1.29, 1.82) is 0 Å². The molecule has 0 bridgehead atoms. The molecule has 0 atom stereocenters. The standard InChI is InChI=1S/C12H10ClNS2/c13-11-5-1-9(2-6-11)10-3-7-12(8-4-10)16-14-15/h1-8,14-15H. The summed E-state index contributed by atoms with van der Waals surface area (Å²) in [5.74, 6) is 0. The van der Waals surface area contributed by atoms with Crippen LogP contribution in [0.25, 0.3) is 11.1 Å². The third-order valence-electron chi connectivity index (χ3n) is 2.20. The lowest BCUT2D eigenvalue weighted by Crippen LogP contribution is -1.82. The molecule has 0 heterocycles. The lowest BCUT2D eigenvalue weighted by Gasteiger charge is -2.03. The minimum Gasteiger partial charge on any atom is -0.206 e. The highest BCUT2D eigenvalue weighted by molar-refractivity contribution is 8.06. The average Bonchev–Trinajstić information content (AvgIpc) is 2.32. The maximum absolute atomic E-state index is 5.85. The van der Waals surface area contributed by atoms with Gasteiger partial charge in [0.25, 0.3) is 0 Å². The summed E-state index contributed by atoms with van der Waals surface area (Å²) >= 11 is 11.3. The minimum atomic E-state index is 0.759. The number of benzene rings is 2. The van der Waals surface area contributed by atoms with Crippen LogP contribution < -0.4 is 4.13 Å². The summed E-state index contributed by atoms with van der Waals surface area (Å²) in [6, 6.07) is 16.1. The average molecular weight is 268 g/mol. The number of nitrogens with one attached hydrogen (secondary N) is 1. The van der Waals surface area contributed by atoms with Crippen LogP contribution in [0.5, 0.6) is 0 Å². The first-order valence-electron chi connectivity index (χ1n) is 4.71. The molecular weight excluding hydrogens is 258 g/mol. The second-order valence-corrected chi connectivity index (χ2v) is 5.07. The van der Waals surface area contributed by atoms with Crippen molar-refractivity contribution >= 4 is 36.4 Å². The molecule has 1 N–H and O–H groups in total. The Morgan fingerprint density at radius 3 is 1.88 bits per heavy atom. The largest absolute Gasteiger partial charge is 0.206 e. The molecule has 0 amide bonds. The Bertz CT molecular complexity index is 453. The summed E-state index contributed by atoms with van der Waals surface area (Å²) in [4.78, 5) is 1.13. The van der Waals surface area contributed by atoms with Gasteiger partial charge in [0.15, 0.2) is 0 Å². The second kappa shape index (κ2) is 5.64. The molecule has 2 aromatic carbocycles. The molecule has 2 rings (SSSR count). The number of thiol groups is 1. The Balaban J connectivity index is 2.24. The molecule has 0 aromatic heterocycles. The van der Waals surface area contributed by atoms with E-state index in [1.54, 1.807) is 0 Å². The molecule has 16 heavy (non-hydrogen) atoms. The number of hydrogen-bond donors (Lipinski definition) is 2. The second-order valence-electron chi connectivity index (χ2n) is 3.22. The molecule has 0 unspecified atom stereocenters. The van der Waals surface area contributed by atoms with Crippen molar-refractivity contribution in [2.24, 2.45) is 0 Å². The van der Waals surface area contributed by atoms with E-state index in [4.69, 9.17) is 11.6 Å². The van der Waals surface area contributed by atoms with Crippen molar-refractivity contribution in [2.75, 3.05) is 0 Å². The molecule has 0 aliphatic carbocycles. The highest BCUT2D eigenvalue weighted by Crippen LogP contribution is 2.24. The van der Waals surface area contributed by atoms with Gasteiger partial charge in [0.05, 0.1) is 0 Å². The van der Waals surface area contributed by atoms with Crippen molar-refractivity contribution in [1.82, 2.24) is 4.13 Å². The van der Waals surface area contributed by atoms with Crippen molar-refractivity contribution in [2.45, 2.75) is 4.90 Å². The van der Waals surface area contributed by atoms with Gasteiger partial charge in [0.1, 0.15) is 0 Å². The van der Waals surface area contributed by atoms with E-state index in [0.717, 1.165) is 9.92 Å². The van der Waals surface area contributed by atoms with Gasteiger partial charge in [0.2, 0.25) is 0 Å². The van der Waals surface area contributed by atoms with Crippen LogP contribution >= 0.6 is 36.4 Å². The van der Waals surface area contributed by atoms with E-state index in [2.05, 4.69) is 41.2 Å². The number of halogens is 1. The molecule has 4 heteroatoms. The topological polar surface area (TPSA) is 12.0 Å². The van der Waals surface area contributed by atoms with E-state index in [-0.39, 0.29) is 0 Å². The van der Waals surface area contributed by atoms with Crippen molar-refractivity contribution in [3.05, 3.63) is 53.6 Å². The lowest BCUT2D eigenvalue weighted by atomic mass is 10.1. The molecule has 0 spiro atoms. The summed E-state index contributed by atoms with van der Waals surface area (Å²) < 4.78 is 2.74. The molecule has 0 saturated heterocycles. The van der Waals surface area contributed by atoms with Gasteiger partial charge in [-0.25, -0.2) is 4.13 Å². The molecule has 82 valence electrons. The van der Waals surface area contributed by atoms with Crippen LogP contribution in [0.15, 0.2) is 53.4 Å². The van der Waals surface area contributed by atoms with Gasteiger partial charge in [-0.3, -0.25) is 0 Å². The zero-order valence-electron chi connectivity index (χ0n) is 8.35. The molecule has 0 saturated carbocycles. The summed E-state index contributed by atoms with van der Waals surface area (Å²) in [6.07, 6.45) is 0. The van der Waals surface area contributed by atoms with Gasteiger partial charge in [0, 0.05) is 9.92 Å². The lowest BCUT2D eigenvalue weighted by molar-refractivity contribution is 1.44. The Labute approximate surface area is 110 Å². The van der Waals surface area contributed by atoms with Crippen molar-refractivity contribution in [3.8, 4) is 11.1 Å². The monoisotopic (exact) mass is 267 g/mol. The van der Waals surface area contributed by atoms with Gasteiger partial charge in [-0.15, -0.1) is 0 Å². The molecule has 0 aliphatic heterocycles. The molecule has 1 nitrogen and oxygen atoms in total. The van der Waals surface area contributed by atoms with Gasteiger partial charge < -0.3 is 0 Å². The predicted molar refractivity (Wildman–Crippen MR) is 74.9 cm³/mol. The van der Waals surface area contributed by atoms with Crippen LogP contribution in [0.4, 0.5) is 0 Å².